The molecule has 0 unspecified atom stereocenters. The lowest BCUT2D eigenvalue weighted by atomic mass is 10.1. The summed E-state index contributed by atoms with van der Waals surface area (Å²) in [5.41, 5.74) is 2.21. The van der Waals surface area contributed by atoms with E-state index in [4.69, 9.17) is 5.26 Å². The average Bonchev–Trinajstić information content (AvgIpc) is 3.00. The molecule has 1 amide bonds. The number of anilines is 1. The third-order valence-electron chi connectivity index (χ3n) is 3.29. The van der Waals surface area contributed by atoms with Gasteiger partial charge in [0.25, 0.3) is 0 Å². The van der Waals surface area contributed by atoms with Crippen molar-refractivity contribution in [1.82, 2.24) is 19.7 Å². The highest BCUT2D eigenvalue weighted by Crippen LogP contribution is 2.14. The topological polar surface area (TPSA) is 116 Å². The summed E-state index contributed by atoms with van der Waals surface area (Å²) in [6.07, 6.45) is 1.51. The largest absolute Gasteiger partial charge is 0.335 e. The van der Waals surface area contributed by atoms with Crippen molar-refractivity contribution >= 4 is 17.5 Å². The van der Waals surface area contributed by atoms with Crippen molar-refractivity contribution in [3.63, 3.8) is 0 Å². The number of ketones is 1. The Balaban J connectivity index is 2.02. The van der Waals surface area contributed by atoms with Gasteiger partial charge in [-0.3, -0.25) is 14.3 Å². The SMILES string of the molecule is CC(=O)c1c(C)nn(CCC(=O)Nc2nc[nH]c2C#N)c1C. The maximum absolute atomic E-state index is 11.9. The molecule has 0 fully saturated rings. The average molecular weight is 300 g/mol. The number of carbonyl (C=O) groups excluding carboxylic acids is 2. The van der Waals surface area contributed by atoms with E-state index in [1.807, 2.05) is 6.07 Å². The Kier molecular flexibility index (Phi) is 4.36. The molecule has 0 aliphatic carbocycles. The lowest BCUT2D eigenvalue weighted by Crippen LogP contribution is -2.16. The Morgan fingerprint density at radius 2 is 2.18 bits per heavy atom. The number of hydrogen-bond donors (Lipinski definition) is 2. The highest BCUT2D eigenvalue weighted by Gasteiger charge is 2.16. The van der Waals surface area contributed by atoms with Crippen molar-refractivity contribution in [1.29, 1.82) is 5.26 Å². The van der Waals surface area contributed by atoms with Gasteiger partial charge in [0.1, 0.15) is 6.07 Å². The monoisotopic (exact) mass is 300 g/mol. The van der Waals surface area contributed by atoms with E-state index in [1.165, 1.54) is 13.3 Å². The molecule has 0 spiro atoms. The number of hydrogen-bond acceptors (Lipinski definition) is 5. The molecule has 0 aliphatic heterocycles. The first-order valence-corrected chi connectivity index (χ1v) is 6.72. The maximum Gasteiger partial charge on any atom is 0.227 e. The van der Waals surface area contributed by atoms with Gasteiger partial charge in [-0.2, -0.15) is 10.4 Å². The molecule has 8 nitrogen and oxygen atoms in total. The number of rotatable bonds is 5. The fraction of sp³-hybridized carbons (Fsp3) is 0.357. The van der Waals surface area contributed by atoms with E-state index in [0.29, 0.717) is 17.8 Å². The molecular formula is C14H16N6O2. The van der Waals surface area contributed by atoms with Crippen LogP contribution in [0.2, 0.25) is 0 Å². The first kappa shape index (κ1) is 15.4. The number of imidazole rings is 1. The number of nitrogens with zero attached hydrogens (tertiary/aromatic N) is 4. The van der Waals surface area contributed by atoms with Crippen LogP contribution in [0, 0.1) is 25.2 Å². The maximum atomic E-state index is 11.9. The molecule has 114 valence electrons. The summed E-state index contributed by atoms with van der Waals surface area (Å²) in [6, 6.07) is 1.90. The zero-order valence-corrected chi connectivity index (χ0v) is 12.6. The van der Waals surface area contributed by atoms with Gasteiger partial charge in [-0.1, -0.05) is 0 Å². The summed E-state index contributed by atoms with van der Waals surface area (Å²) in [5, 5.41) is 15.7. The van der Waals surface area contributed by atoms with Crippen molar-refractivity contribution in [2.75, 3.05) is 5.32 Å². The molecule has 0 saturated carbocycles. The second-order valence-electron chi connectivity index (χ2n) is 4.86. The highest BCUT2D eigenvalue weighted by molar-refractivity contribution is 5.96. The van der Waals surface area contributed by atoms with Crippen molar-refractivity contribution in [3.8, 4) is 6.07 Å². The molecule has 0 bridgehead atoms. The number of aromatic nitrogens is 4. The minimum Gasteiger partial charge on any atom is -0.335 e. The van der Waals surface area contributed by atoms with Gasteiger partial charge in [0.2, 0.25) is 5.91 Å². The van der Waals surface area contributed by atoms with Crippen LogP contribution >= 0.6 is 0 Å². The lowest BCUT2D eigenvalue weighted by molar-refractivity contribution is -0.116. The van der Waals surface area contributed by atoms with Crippen LogP contribution in [0.15, 0.2) is 6.33 Å². The summed E-state index contributed by atoms with van der Waals surface area (Å²) in [7, 11) is 0. The lowest BCUT2D eigenvalue weighted by Gasteiger charge is -2.05. The fourth-order valence-electron chi connectivity index (χ4n) is 2.30. The normalized spacial score (nSPS) is 10.3. The number of aromatic amines is 1. The molecule has 2 aromatic heterocycles. The third kappa shape index (κ3) is 3.03. The van der Waals surface area contributed by atoms with Crippen LogP contribution in [-0.2, 0) is 11.3 Å². The van der Waals surface area contributed by atoms with Crippen LogP contribution in [0.25, 0.3) is 0 Å². The number of H-pyrrole nitrogens is 1. The van der Waals surface area contributed by atoms with Gasteiger partial charge in [0.05, 0.1) is 17.6 Å². The predicted molar refractivity (Wildman–Crippen MR) is 78.3 cm³/mol. The van der Waals surface area contributed by atoms with Crippen molar-refractivity contribution in [3.05, 3.63) is 29.0 Å². The number of Topliss-reactive ketones (excluding diaryl/α,β-unsaturated/α-hetero) is 1. The Bertz CT molecular complexity index is 765. The van der Waals surface area contributed by atoms with E-state index >= 15 is 0 Å². The van der Waals surface area contributed by atoms with E-state index in [0.717, 1.165) is 5.69 Å². The molecule has 0 aliphatic rings. The van der Waals surface area contributed by atoms with Crippen LogP contribution in [-0.4, -0.2) is 31.4 Å². The van der Waals surface area contributed by atoms with Crippen LogP contribution in [0.3, 0.4) is 0 Å². The van der Waals surface area contributed by atoms with E-state index in [2.05, 4.69) is 20.4 Å². The van der Waals surface area contributed by atoms with E-state index in [9.17, 15) is 9.59 Å². The number of nitrogens with one attached hydrogen (secondary N) is 2. The number of carbonyl (C=O) groups is 2. The molecule has 2 aromatic rings. The highest BCUT2D eigenvalue weighted by atomic mass is 16.1. The first-order chi connectivity index (χ1) is 10.4. The summed E-state index contributed by atoms with van der Waals surface area (Å²) >= 11 is 0. The number of amides is 1. The van der Waals surface area contributed by atoms with Crippen LogP contribution in [0.1, 0.15) is 40.8 Å². The molecule has 2 heterocycles. The van der Waals surface area contributed by atoms with Gasteiger partial charge in [0, 0.05) is 18.7 Å². The number of aryl methyl sites for hydroxylation is 2. The van der Waals surface area contributed by atoms with Gasteiger partial charge >= 0.3 is 0 Å². The van der Waals surface area contributed by atoms with Crippen LogP contribution < -0.4 is 5.32 Å². The zero-order valence-electron chi connectivity index (χ0n) is 12.6. The molecule has 2 rings (SSSR count). The molecule has 0 aromatic carbocycles. The Hall–Kier alpha value is -2.95. The molecule has 0 radical (unpaired) electrons. The molecule has 0 saturated heterocycles. The second-order valence-corrected chi connectivity index (χ2v) is 4.86. The smallest absolute Gasteiger partial charge is 0.227 e. The van der Waals surface area contributed by atoms with Crippen molar-refractivity contribution < 1.29 is 9.59 Å². The summed E-state index contributed by atoms with van der Waals surface area (Å²) < 4.78 is 1.64. The van der Waals surface area contributed by atoms with Crippen LogP contribution in [0.5, 0.6) is 0 Å². The van der Waals surface area contributed by atoms with E-state index in [-0.39, 0.29) is 29.6 Å². The molecule has 2 N–H and O–H groups in total. The first-order valence-electron chi connectivity index (χ1n) is 6.72. The molecule has 22 heavy (non-hydrogen) atoms. The minimum atomic E-state index is -0.277. The van der Waals surface area contributed by atoms with Gasteiger partial charge < -0.3 is 10.3 Å². The van der Waals surface area contributed by atoms with E-state index < -0.39 is 0 Å². The predicted octanol–water partition coefficient (Wildman–Crippen LogP) is 1.33. The summed E-state index contributed by atoms with van der Waals surface area (Å²) in [4.78, 5) is 29.9. The van der Waals surface area contributed by atoms with Crippen molar-refractivity contribution in [2.45, 2.75) is 33.7 Å². The standard InChI is InChI=1S/C14H16N6O2/c1-8-13(10(3)21)9(2)20(19-8)5-4-12(22)18-14-11(6-15)16-7-17-14/h7H,4-5H2,1-3H3,(H,16,17)(H,18,22). The minimum absolute atomic E-state index is 0.0408. The van der Waals surface area contributed by atoms with E-state index in [1.54, 1.807) is 18.5 Å². The van der Waals surface area contributed by atoms with Gasteiger partial charge in [-0.15, -0.1) is 0 Å². The van der Waals surface area contributed by atoms with Gasteiger partial charge in [-0.05, 0) is 20.8 Å². The zero-order chi connectivity index (χ0) is 16.3. The van der Waals surface area contributed by atoms with Crippen LogP contribution in [0.4, 0.5) is 5.82 Å². The number of nitriles is 1. The second kappa shape index (κ2) is 6.22. The van der Waals surface area contributed by atoms with Gasteiger partial charge in [0.15, 0.2) is 17.3 Å². The Morgan fingerprint density at radius 3 is 2.77 bits per heavy atom. The molecular weight excluding hydrogens is 284 g/mol. The fourth-order valence-corrected chi connectivity index (χ4v) is 2.30. The molecule has 0 atom stereocenters. The molecule has 8 heteroatoms. The Labute approximate surface area is 127 Å². The van der Waals surface area contributed by atoms with Gasteiger partial charge in [-0.25, -0.2) is 4.98 Å². The van der Waals surface area contributed by atoms with Crippen molar-refractivity contribution in [2.24, 2.45) is 0 Å². The summed E-state index contributed by atoms with van der Waals surface area (Å²) in [6.45, 7) is 5.41. The quantitative estimate of drug-likeness (QED) is 0.808. The summed E-state index contributed by atoms with van der Waals surface area (Å²) in [5.74, 6) is -0.105. The Morgan fingerprint density at radius 1 is 1.45 bits per heavy atom. The third-order valence-corrected chi connectivity index (χ3v) is 3.29.